The van der Waals surface area contributed by atoms with E-state index in [1.165, 1.54) is 32.7 Å². The van der Waals surface area contributed by atoms with E-state index in [1.54, 1.807) is 0 Å². The van der Waals surface area contributed by atoms with Crippen molar-refractivity contribution in [1.82, 2.24) is 0 Å². The lowest BCUT2D eigenvalue weighted by molar-refractivity contribution is 1.22. The summed E-state index contributed by atoms with van der Waals surface area (Å²) in [6, 6.07) is 17.2. The van der Waals surface area contributed by atoms with Crippen LogP contribution < -0.4 is 0 Å². The molecule has 1 unspecified atom stereocenters. The maximum atomic E-state index is 5.28. The minimum atomic E-state index is 0.478. The second-order valence-electron chi connectivity index (χ2n) is 8.60. The molecule has 0 saturated heterocycles. The maximum Gasteiger partial charge on any atom is 0.0249 e. The second-order valence-corrected chi connectivity index (χ2v) is 10.1. The summed E-state index contributed by atoms with van der Waals surface area (Å²) in [6.07, 6.45) is 22.9. The topological polar surface area (TPSA) is 0 Å². The van der Waals surface area contributed by atoms with Crippen LogP contribution in [0.4, 0.5) is 0 Å². The summed E-state index contributed by atoms with van der Waals surface area (Å²) in [5.74, 6) is 2.62. The number of allylic oxidation sites excluding steroid dienone is 9. The number of aryl methyl sites for hydroxylation is 2. The SMILES string of the molecule is C#C/C(C)=C\C/C=C(C)/C=C/c1ccc(C)cc1.C=C/C=C(C)\C=C/C(C)Sc1ccc(C)cc1. The summed E-state index contributed by atoms with van der Waals surface area (Å²) < 4.78 is 0. The summed E-state index contributed by atoms with van der Waals surface area (Å²) in [7, 11) is 0. The molecule has 0 aliphatic heterocycles. The van der Waals surface area contributed by atoms with Crippen molar-refractivity contribution in [2.75, 3.05) is 0 Å². The lowest BCUT2D eigenvalue weighted by Crippen LogP contribution is -1.89. The van der Waals surface area contributed by atoms with Crippen molar-refractivity contribution >= 4 is 17.8 Å². The van der Waals surface area contributed by atoms with Crippen molar-refractivity contribution in [3.63, 3.8) is 0 Å². The fourth-order valence-electron chi connectivity index (χ4n) is 2.85. The monoisotopic (exact) mass is 480 g/mol. The highest BCUT2D eigenvalue weighted by Gasteiger charge is 1.99. The molecule has 0 aliphatic rings. The maximum absolute atomic E-state index is 5.28. The number of hydrogen-bond donors (Lipinski definition) is 0. The van der Waals surface area contributed by atoms with Gasteiger partial charge in [-0.15, -0.1) is 18.2 Å². The van der Waals surface area contributed by atoms with Gasteiger partial charge in [0.15, 0.2) is 0 Å². The molecule has 1 heteroatoms. The van der Waals surface area contributed by atoms with Gasteiger partial charge in [0.25, 0.3) is 0 Å². The molecule has 0 nitrogen and oxygen atoms in total. The molecule has 0 radical (unpaired) electrons. The van der Waals surface area contributed by atoms with Crippen LogP contribution in [0.5, 0.6) is 0 Å². The third kappa shape index (κ3) is 14.6. The number of rotatable bonds is 9. The predicted octanol–water partition coefficient (Wildman–Crippen LogP) is 10.1. The molecule has 1 atom stereocenters. The molecule has 0 amide bonds. The average molecular weight is 481 g/mol. The van der Waals surface area contributed by atoms with Crippen LogP contribution in [-0.4, -0.2) is 5.25 Å². The fraction of sp³-hybridized carbons (Fsp3) is 0.235. The second kappa shape index (κ2) is 17.3. The number of benzene rings is 2. The van der Waals surface area contributed by atoms with Gasteiger partial charge in [-0.05, 0) is 71.2 Å². The first-order chi connectivity index (χ1) is 16.7. The zero-order valence-corrected chi connectivity index (χ0v) is 23.0. The van der Waals surface area contributed by atoms with Gasteiger partial charge >= 0.3 is 0 Å². The Kier molecular flexibility index (Phi) is 14.7. The zero-order valence-electron chi connectivity index (χ0n) is 22.2. The van der Waals surface area contributed by atoms with Crippen molar-refractivity contribution in [3.8, 4) is 12.3 Å². The van der Waals surface area contributed by atoms with E-state index in [1.807, 2.05) is 30.8 Å². The Bertz CT molecular complexity index is 1090. The van der Waals surface area contributed by atoms with Crippen molar-refractivity contribution in [2.45, 2.75) is 58.1 Å². The molecule has 0 bridgehead atoms. The Morgan fingerprint density at radius 1 is 0.914 bits per heavy atom. The van der Waals surface area contributed by atoms with Crippen molar-refractivity contribution in [1.29, 1.82) is 0 Å². The van der Waals surface area contributed by atoms with E-state index < -0.39 is 0 Å². The van der Waals surface area contributed by atoms with Crippen LogP contribution in [0.2, 0.25) is 0 Å². The highest BCUT2D eigenvalue weighted by Crippen LogP contribution is 2.24. The Labute approximate surface area is 219 Å². The zero-order chi connectivity index (χ0) is 26.1. The molecule has 182 valence electrons. The van der Waals surface area contributed by atoms with Gasteiger partial charge in [0.05, 0.1) is 0 Å². The molecule has 35 heavy (non-hydrogen) atoms. The lowest BCUT2D eigenvalue weighted by atomic mass is 10.1. The van der Waals surface area contributed by atoms with Crippen molar-refractivity contribution in [3.05, 3.63) is 131 Å². The molecule has 2 rings (SSSR count). The minimum Gasteiger partial charge on any atom is -0.119 e. The highest BCUT2D eigenvalue weighted by molar-refractivity contribution is 8.00. The van der Waals surface area contributed by atoms with Crippen LogP contribution in [0.15, 0.2) is 119 Å². The Morgan fingerprint density at radius 3 is 2.09 bits per heavy atom. The molecule has 0 fully saturated rings. The van der Waals surface area contributed by atoms with Gasteiger partial charge in [0, 0.05) is 10.1 Å². The van der Waals surface area contributed by atoms with Gasteiger partial charge in [-0.2, -0.15) is 0 Å². The van der Waals surface area contributed by atoms with Crippen LogP contribution in [0, 0.1) is 26.2 Å². The van der Waals surface area contributed by atoms with Gasteiger partial charge in [0.1, 0.15) is 0 Å². The highest BCUT2D eigenvalue weighted by atomic mass is 32.2. The third-order valence-electron chi connectivity index (χ3n) is 5.06. The average Bonchev–Trinajstić information content (AvgIpc) is 2.84. The predicted molar refractivity (Wildman–Crippen MR) is 161 cm³/mol. The minimum absolute atomic E-state index is 0.478. The Morgan fingerprint density at radius 2 is 1.51 bits per heavy atom. The molecule has 0 aromatic heterocycles. The Balaban J connectivity index is 0.000000351. The summed E-state index contributed by atoms with van der Waals surface area (Å²) in [5.41, 5.74) is 7.29. The Hall–Kier alpha value is -3.21. The van der Waals surface area contributed by atoms with E-state index >= 15 is 0 Å². The number of thioether (sulfide) groups is 1. The van der Waals surface area contributed by atoms with Gasteiger partial charge in [-0.1, -0.05) is 120 Å². The standard InChI is InChI=1S/C18H20.C16H20S/c1-5-15(2)7-6-8-16(3)9-12-18-13-10-17(4)11-14-18;1-5-6-13(2)7-10-15(4)17-16-11-8-14(3)9-12-16/h1,7-14H,6H2,2-4H3;5-12,15H,1H2,2-4H3/b12-9+,15-7-,16-8+;10-7-,13-6-. The van der Waals surface area contributed by atoms with Crippen LogP contribution in [-0.2, 0) is 0 Å². The van der Waals surface area contributed by atoms with Crippen LogP contribution >= 0.6 is 11.8 Å². The van der Waals surface area contributed by atoms with Gasteiger partial charge < -0.3 is 0 Å². The van der Waals surface area contributed by atoms with E-state index in [0.29, 0.717) is 5.25 Å². The third-order valence-corrected chi connectivity index (χ3v) is 6.13. The summed E-state index contributed by atoms with van der Waals surface area (Å²) >= 11 is 1.87. The van der Waals surface area contributed by atoms with Crippen LogP contribution in [0.1, 0.15) is 50.8 Å². The normalized spacial score (nSPS) is 13.3. The first kappa shape index (κ1) is 29.8. The molecule has 0 N–H and O–H groups in total. The molecule has 2 aromatic carbocycles. The summed E-state index contributed by atoms with van der Waals surface area (Å²) in [6.45, 7) is 16.2. The van der Waals surface area contributed by atoms with E-state index in [0.717, 1.165) is 12.0 Å². The molecule has 0 saturated carbocycles. The molecule has 0 heterocycles. The number of hydrogen-bond acceptors (Lipinski definition) is 1. The lowest BCUT2D eigenvalue weighted by Gasteiger charge is -2.06. The van der Waals surface area contributed by atoms with Gasteiger partial charge in [-0.25, -0.2) is 0 Å². The van der Waals surface area contributed by atoms with E-state index in [4.69, 9.17) is 6.42 Å². The van der Waals surface area contributed by atoms with Crippen LogP contribution in [0.25, 0.3) is 6.08 Å². The van der Waals surface area contributed by atoms with Gasteiger partial charge in [-0.3, -0.25) is 0 Å². The summed E-state index contributed by atoms with van der Waals surface area (Å²) in [5, 5.41) is 0.478. The molecule has 2 aromatic rings. The fourth-order valence-corrected chi connectivity index (χ4v) is 3.73. The smallest absolute Gasteiger partial charge is 0.0249 e. The van der Waals surface area contributed by atoms with E-state index in [-0.39, 0.29) is 0 Å². The van der Waals surface area contributed by atoms with Crippen LogP contribution in [0.3, 0.4) is 0 Å². The molecular formula is C34H40S. The first-order valence-corrected chi connectivity index (χ1v) is 12.9. The van der Waals surface area contributed by atoms with Gasteiger partial charge in [0.2, 0.25) is 0 Å². The quantitative estimate of drug-likeness (QED) is 0.195. The molecule has 0 spiro atoms. The first-order valence-electron chi connectivity index (χ1n) is 12.0. The number of terminal acetylenes is 1. The van der Waals surface area contributed by atoms with Crippen molar-refractivity contribution < 1.29 is 0 Å². The largest absolute Gasteiger partial charge is 0.119 e. The summed E-state index contributed by atoms with van der Waals surface area (Å²) in [4.78, 5) is 1.32. The van der Waals surface area contributed by atoms with E-state index in [9.17, 15) is 0 Å². The van der Waals surface area contributed by atoms with E-state index in [2.05, 4.69) is 132 Å². The molecular weight excluding hydrogens is 440 g/mol. The van der Waals surface area contributed by atoms with Crippen molar-refractivity contribution in [2.24, 2.45) is 0 Å². The molecule has 0 aliphatic carbocycles.